The number of hydrogen-bond donors (Lipinski definition) is 0. The first-order valence-corrected chi connectivity index (χ1v) is 13.9. The molecule has 2 unspecified atom stereocenters. The zero-order valence-electron chi connectivity index (χ0n) is 24.8. The second-order valence-electron chi connectivity index (χ2n) is 10.6. The Morgan fingerprint density at radius 2 is 1.17 bits per heavy atom. The van der Waals surface area contributed by atoms with Gasteiger partial charge < -0.3 is 14.4 Å². The zero-order valence-corrected chi connectivity index (χ0v) is 27.1. The molecule has 9 heteroatoms. The molecule has 224 valence electrons. The Bertz CT molecular complexity index is 1200. The summed E-state index contributed by atoms with van der Waals surface area (Å²) in [5.41, 5.74) is 3.02. The van der Waals surface area contributed by atoms with Crippen molar-refractivity contribution in [2.24, 2.45) is 16.8 Å². The lowest BCUT2D eigenvalue weighted by atomic mass is 9.75. The van der Waals surface area contributed by atoms with Gasteiger partial charge in [0.15, 0.2) is 0 Å². The third kappa shape index (κ3) is 7.56. The normalized spacial score (nSPS) is 19.1. The molecule has 5 rings (SSSR count). The lowest BCUT2D eigenvalue weighted by Gasteiger charge is -2.50. The fraction of sp³-hybridized carbons (Fsp3) is 0.364. The van der Waals surface area contributed by atoms with Gasteiger partial charge in [-0.3, -0.25) is 24.4 Å². The van der Waals surface area contributed by atoms with E-state index in [1.54, 1.807) is 6.34 Å². The average Bonchev–Trinajstić information content (AvgIpc) is 3.02. The molecule has 0 amide bonds. The minimum Gasteiger partial charge on any atom is -0.469 e. The molecule has 0 N–H and O–H groups in total. The van der Waals surface area contributed by atoms with Crippen LogP contribution in [0.4, 0.5) is 0 Å². The smallest absolute Gasteiger partial charge is 0.312 e. The standard InChI is InChI=1S/C26H28N2O2.C7H12N2O2.HI/c1-27-18-21(25(29)30-2)19-28(20-27)26(22-12-6-3-7-13-22,23-14-8-4-9-15-23)24-16-10-5-11-17-24;1-9-4-6(3-8-5-9)7(10)11-2;/h3-17,21H,18-20H2,1-2H3;5-6H,3-4H2,1-2H3;1H. The van der Waals surface area contributed by atoms with Gasteiger partial charge in [0.2, 0.25) is 0 Å². The summed E-state index contributed by atoms with van der Waals surface area (Å²) in [6.45, 7) is 3.31. The summed E-state index contributed by atoms with van der Waals surface area (Å²) in [5, 5.41) is 0. The predicted octanol–water partition coefficient (Wildman–Crippen LogP) is 4.34. The SMILES string of the molecule is COC(=O)C1CN(C)CN(C(c2ccccc2)(c2ccccc2)c2ccccc2)C1.COC(=O)C1CN=CN(C)C1.I. The summed E-state index contributed by atoms with van der Waals surface area (Å²) >= 11 is 0. The maximum atomic E-state index is 12.5. The van der Waals surface area contributed by atoms with Crippen molar-refractivity contribution in [1.82, 2.24) is 14.7 Å². The maximum absolute atomic E-state index is 12.5. The van der Waals surface area contributed by atoms with Crippen LogP contribution < -0.4 is 0 Å². The number of methoxy groups -OCH3 is 2. The average molecular weight is 685 g/mol. The molecule has 0 saturated carbocycles. The highest BCUT2D eigenvalue weighted by Gasteiger charge is 2.46. The highest BCUT2D eigenvalue weighted by molar-refractivity contribution is 14.0. The monoisotopic (exact) mass is 684 g/mol. The van der Waals surface area contributed by atoms with Crippen LogP contribution in [-0.2, 0) is 24.6 Å². The molecule has 1 fully saturated rings. The number of carbonyl (C=O) groups excluding carboxylic acids is 2. The number of benzene rings is 3. The van der Waals surface area contributed by atoms with E-state index < -0.39 is 5.54 Å². The fourth-order valence-electron chi connectivity index (χ4n) is 5.83. The molecule has 42 heavy (non-hydrogen) atoms. The number of carbonyl (C=O) groups is 2. The van der Waals surface area contributed by atoms with Gasteiger partial charge in [-0.1, -0.05) is 91.0 Å². The van der Waals surface area contributed by atoms with E-state index in [-0.39, 0.29) is 47.8 Å². The molecule has 0 spiro atoms. The van der Waals surface area contributed by atoms with Crippen LogP contribution in [0.2, 0.25) is 0 Å². The third-order valence-electron chi connectivity index (χ3n) is 7.62. The quantitative estimate of drug-likeness (QED) is 0.218. The largest absolute Gasteiger partial charge is 0.469 e. The number of rotatable bonds is 6. The predicted molar refractivity (Wildman–Crippen MR) is 176 cm³/mol. The number of aliphatic imine (C=N–C) groups is 1. The van der Waals surface area contributed by atoms with Gasteiger partial charge in [0.1, 0.15) is 0 Å². The van der Waals surface area contributed by atoms with E-state index in [1.807, 2.05) is 30.1 Å². The van der Waals surface area contributed by atoms with Crippen LogP contribution in [0.1, 0.15) is 16.7 Å². The van der Waals surface area contributed by atoms with Gasteiger partial charge in [-0.05, 0) is 23.7 Å². The maximum Gasteiger partial charge on any atom is 0.312 e. The molecule has 2 heterocycles. The summed E-state index contributed by atoms with van der Waals surface area (Å²) in [6.07, 6.45) is 1.74. The number of esters is 2. The molecular formula is C33H41IN4O4. The van der Waals surface area contributed by atoms with Crippen molar-refractivity contribution in [3.8, 4) is 0 Å². The Morgan fingerprint density at radius 3 is 1.60 bits per heavy atom. The number of hydrogen-bond acceptors (Lipinski definition) is 8. The molecule has 2 atom stereocenters. The number of ether oxygens (including phenoxy) is 2. The van der Waals surface area contributed by atoms with Crippen molar-refractivity contribution in [3.05, 3.63) is 108 Å². The van der Waals surface area contributed by atoms with Crippen molar-refractivity contribution in [3.63, 3.8) is 0 Å². The Labute approximate surface area is 266 Å². The molecule has 0 radical (unpaired) electrons. The Morgan fingerprint density at radius 1 is 0.714 bits per heavy atom. The molecule has 0 bridgehead atoms. The van der Waals surface area contributed by atoms with Crippen LogP contribution in [0.5, 0.6) is 0 Å². The van der Waals surface area contributed by atoms with Crippen LogP contribution >= 0.6 is 24.0 Å². The highest BCUT2D eigenvalue weighted by Crippen LogP contribution is 2.43. The van der Waals surface area contributed by atoms with Crippen LogP contribution in [0.3, 0.4) is 0 Å². The first kappa shape index (κ1) is 33.2. The third-order valence-corrected chi connectivity index (χ3v) is 7.62. The van der Waals surface area contributed by atoms with Gasteiger partial charge in [-0.25, -0.2) is 0 Å². The van der Waals surface area contributed by atoms with Crippen molar-refractivity contribution >= 4 is 42.3 Å². The first-order valence-electron chi connectivity index (χ1n) is 13.9. The van der Waals surface area contributed by atoms with Gasteiger partial charge in [-0.2, -0.15) is 0 Å². The van der Waals surface area contributed by atoms with Crippen molar-refractivity contribution in [1.29, 1.82) is 0 Å². The first-order chi connectivity index (χ1) is 19.9. The summed E-state index contributed by atoms with van der Waals surface area (Å²) in [7, 11) is 6.83. The molecule has 1 saturated heterocycles. The van der Waals surface area contributed by atoms with Gasteiger partial charge in [0.25, 0.3) is 0 Å². The van der Waals surface area contributed by atoms with Gasteiger partial charge >= 0.3 is 11.9 Å². The molecule has 3 aromatic carbocycles. The van der Waals surface area contributed by atoms with E-state index in [1.165, 1.54) is 30.9 Å². The lowest BCUT2D eigenvalue weighted by Crippen LogP contribution is -2.59. The molecule has 3 aromatic rings. The van der Waals surface area contributed by atoms with Crippen molar-refractivity contribution < 1.29 is 19.1 Å². The van der Waals surface area contributed by atoms with Crippen LogP contribution in [0, 0.1) is 11.8 Å². The number of nitrogens with zero attached hydrogens (tertiary/aromatic N) is 4. The van der Waals surface area contributed by atoms with Gasteiger partial charge in [0, 0.05) is 26.7 Å². The van der Waals surface area contributed by atoms with E-state index >= 15 is 0 Å². The van der Waals surface area contributed by atoms with Gasteiger partial charge in [0.05, 0.1) is 51.1 Å². The minimum absolute atomic E-state index is 0. The molecule has 0 aromatic heterocycles. The summed E-state index contributed by atoms with van der Waals surface area (Å²) in [6, 6.07) is 31.7. The lowest BCUT2D eigenvalue weighted by molar-refractivity contribution is -0.150. The topological polar surface area (TPSA) is 74.7 Å². The second kappa shape index (κ2) is 15.8. The van der Waals surface area contributed by atoms with E-state index in [9.17, 15) is 9.59 Å². The summed E-state index contributed by atoms with van der Waals surface area (Å²) in [5.74, 6) is -0.623. The van der Waals surface area contributed by atoms with Crippen molar-refractivity contribution in [2.45, 2.75) is 5.54 Å². The van der Waals surface area contributed by atoms with E-state index in [4.69, 9.17) is 4.74 Å². The zero-order chi connectivity index (χ0) is 29.2. The van der Waals surface area contributed by atoms with Crippen LogP contribution in [0.15, 0.2) is 96.0 Å². The van der Waals surface area contributed by atoms with E-state index in [2.05, 4.69) is 99.4 Å². The fourth-order valence-corrected chi connectivity index (χ4v) is 5.83. The Kier molecular flexibility index (Phi) is 12.5. The number of halogens is 1. The molecule has 2 aliphatic heterocycles. The molecule has 8 nitrogen and oxygen atoms in total. The minimum atomic E-state index is -0.523. The van der Waals surface area contributed by atoms with Crippen LogP contribution in [-0.4, -0.2) is 94.1 Å². The highest BCUT2D eigenvalue weighted by atomic mass is 127. The summed E-state index contributed by atoms with van der Waals surface area (Å²) in [4.78, 5) is 34.0. The Balaban J connectivity index is 0.000000342. The van der Waals surface area contributed by atoms with Crippen molar-refractivity contribution in [2.75, 3.05) is 61.2 Å². The van der Waals surface area contributed by atoms with E-state index in [0.717, 1.165) is 6.67 Å². The molecule has 2 aliphatic rings. The van der Waals surface area contributed by atoms with Crippen LogP contribution in [0.25, 0.3) is 0 Å². The second-order valence-corrected chi connectivity index (χ2v) is 10.6. The Hall–Kier alpha value is -3.28. The van der Waals surface area contributed by atoms with Gasteiger partial charge in [-0.15, -0.1) is 24.0 Å². The molecule has 0 aliphatic carbocycles. The molecular weight excluding hydrogens is 643 g/mol. The van der Waals surface area contributed by atoms with E-state index in [0.29, 0.717) is 26.2 Å². The summed E-state index contributed by atoms with van der Waals surface area (Å²) < 4.78 is 9.72.